The first-order valence-corrected chi connectivity index (χ1v) is 10.7. The van der Waals surface area contributed by atoms with Crippen LogP contribution in [0.4, 0.5) is 4.39 Å². The fraction of sp³-hybridized carbons (Fsp3) is 0.0455. The first kappa shape index (κ1) is 21.1. The molecule has 3 aromatic carbocycles. The second-order valence-electron chi connectivity index (χ2n) is 5.88. The summed E-state index contributed by atoms with van der Waals surface area (Å²) < 4.78 is 21.8. The molecular weight excluding hydrogens is 603 g/mol. The fourth-order valence-electron chi connectivity index (χ4n) is 2.55. The monoisotopic (exact) mass is 615 g/mol. The molecule has 0 aliphatic rings. The van der Waals surface area contributed by atoms with E-state index in [0.717, 1.165) is 24.0 Å². The zero-order valence-electron chi connectivity index (χ0n) is 14.4. The van der Waals surface area contributed by atoms with E-state index in [9.17, 15) is 9.65 Å². The van der Waals surface area contributed by atoms with Crippen molar-refractivity contribution in [1.82, 2.24) is 0 Å². The molecule has 0 bridgehead atoms. The highest BCUT2D eigenvalue weighted by Crippen LogP contribution is 2.31. The minimum atomic E-state index is -0.414. The molecular formula is C22H13ClFI2NO. The van der Waals surface area contributed by atoms with E-state index >= 15 is 0 Å². The van der Waals surface area contributed by atoms with Crippen molar-refractivity contribution in [3.05, 3.63) is 95.3 Å². The second-order valence-corrected chi connectivity index (χ2v) is 8.64. The lowest BCUT2D eigenvalue weighted by Crippen LogP contribution is -1.99. The maximum absolute atomic E-state index is 14.0. The third-order valence-electron chi connectivity index (χ3n) is 3.91. The highest BCUT2D eigenvalue weighted by Gasteiger charge is 2.11. The Balaban J connectivity index is 1.86. The van der Waals surface area contributed by atoms with Gasteiger partial charge in [-0.15, -0.1) is 0 Å². The number of allylic oxidation sites excluding steroid dienone is 1. The fourth-order valence-corrected chi connectivity index (χ4v) is 4.81. The maximum Gasteiger partial charge on any atom is 0.146 e. The van der Waals surface area contributed by atoms with Crippen molar-refractivity contribution in [1.29, 1.82) is 5.26 Å². The molecule has 0 aromatic heterocycles. The van der Waals surface area contributed by atoms with Crippen LogP contribution in [0.5, 0.6) is 5.75 Å². The Bertz CT molecular complexity index is 1050. The summed E-state index contributed by atoms with van der Waals surface area (Å²) in [5.74, 6) is 0.361. The molecule has 140 valence electrons. The molecule has 0 aliphatic heterocycles. The van der Waals surface area contributed by atoms with Gasteiger partial charge in [-0.1, -0.05) is 41.9 Å². The van der Waals surface area contributed by atoms with Gasteiger partial charge in [0.25, 0.3) is 0 Å². The zero-order valence-corrected chi connectivity index (χ0v) is 19.5. The molecule has 2 nitrogen and oxygen atoms in total. The van der Waals surface area contributed by atoms with Gasteiger partial charge >= 0.3 is 0 Å². The van der Waals surface area contributed by atoms with Crippen LogP contribution >= 0.6 is 56.8 Å². The largest absolute Gasteiger partial charge is 0.487 e. The van der Waals surface area contributed by atoms with Gasteiger partial charge in [0.1, 0.15) is 18.2 Å². The van der Waals surface area contributed by atoms with Crippen LogP contribution in [0.2, 0.25) is 5.02 Å². The van der Waals surface area contributed by atoms with Gasteiger partial charge < -0.3 is 4.74 Å². The summed E-state index contributed by atoms with van der Waals surface area (Å²) in [6.07, 6.45) is 1.69. The van der Waals surface area contributed by atoms with Gasteiger partial charge in [0, 0.05) is 10.6 Å². The van der Waals surface area contributed by atoms with Gasteiger partial charge in [0.15, 0.2) is 0 Å². The van der Waals surface area contributed by atoms with E-state index < -0.39 is 5.82 Å². The summed E-state index contributed by atoms with van der Waals surface area (Å²) in [5, 5.41) is 10.2. The molecule has 28 heavy (non-hydrogen) atoms. The average Bonchev–Trinajstić information content (AvgIpc) is 2.67. The topological polar surface area (TPSA) is 33.0 Å². The number of hydrogen-bond donors (Lipinski definition) is 0. The molecule has 0 saturated heterocycles. The number of nitrogens with zero attached hydrogens (tertiary/aromatic N) is 1. The standard InChI is InChI=1S/C22H13ClFI2NO/c23-17-7-5-14(6-8-17)13-28-22-20(25)10-15(11-21(22)26)9-16(12-27)18-3-1-2-4-19(18)24/h1-11H,13H2/b16-9-. The molecule has 6 heteroatoms. The van der Waals surface area contributed by atoms with Crippen molar-refractivity contribution in [3.8, 4) is 11.8 Å². The molecule has 3 aromatic rings. The van der Waals surface area contributed by atoms with Gasteiger partial charge in [-0.2, -0.15) is 5.26 Å². The minimum absolute atomic E-state index is 0.277. The summed E-state index contributed by atoms with van der Waals surface area (Å²) in [6, 6.07) is 19.7. The van der Waals surface area contributed by atoms with Crippen molar-refractivity contribution >= 4 is 68.4 Å². The lowest BCUT2D eigenvalue weighted by molar-refractivity contribution is 0.302. The van der Waals surface area contributed by atoms with Crippen LogP contribution in [-0.2, 0) is 6.61 Å². The molecule has 0 heterocycles. The number of nitriles is 1. The highest BCUT2D eigenvalue weighted by molar-refractivity contribution is 14.1. The van der Waals surface area contributed by atoms with Crippen LogP contribution in [0.15, 0.2) is 60.7 Å². The first-order valence-electron chi connectivity index (χ1n) is 8.21. The molecule has 0 atom stereocenters. The predicted octanol–water partition coefficient (Wildman–Crippen LogP) is 7.33. The number of benzene rings is 3. The lowest BCUT2D eigenvalue weighted by atomic mass is 10.0. The third kappa shape index (κ3) is 5.25. The van der Waals surface area contributed by atoms with Crippen LogP contribution in [0, 0.1) is 24.3 Å². The summed E-state index contributed by atoms with van der Waals surface area (Å²) in [7, 11) is 0. The Labute approximate surface area is 195 Å². The average molecular weight is 616 g/mol. The van der Waals surface area contributed by atoms with Crippen molar-refractivity contribution in [2.75, 3.05) is 0 Å². The molecule has 0 aliphatic carbocycles. The number of halogens is 4. The molecule has 0 N–H and O–H groups in total. The minimum Gasteiger partial charge on any atom is -0.487 e. The van der Waals surface area contributed by atoms with Gasteiger partial charge in [-0.05, 0) is 92.7 Å². The van der Waals surface area contributed by atoms with E-state index in [1.165, 1.54) is 6.07 Å². The molecule has 0 saturated carbocycles. The SMILES string of the molecule is N#C/C(=C/c1cc(I)c(OCc2ccc(Cl)cc2)c(I)c1)c1ccccc1F. The predicted molar refractivity (Wildman–Crippen MR) is 128 cm³/mol. The van der Waals surface area contributed by atoms with Crippen molar-refractivity contribution in [2.24, 2.45) is 0 Å². The van der Waals surface area contributed by atoms with Crippen molar-refractivity contribution in [2.45, 2.75) is 6.61 Å². The summed E-state index contributed by atoms with van der Waals surface area (Å²) in [6.45, 7) is 0.428. The molecule has 0 amide bonds. The lowest BCUT2D eigenvalue weighted by Gasteiger charge is -2.12. The van der Waals surface area contributed by atoms with Crippen LogP contribution < -0.4 is 4.74 Å². The summed E-state index contributed by atoms with van der Waals surface area (Å²) in [4.78, 5) is 0. The Morgan fingerprint density at radius 3 is 2.32 bits per heavy atom. The van der Waals surface area contributed by atoms with Crippen LogP contribution in [0.1, 0.15) is 16.7 Å². The molecule has 0 radical (unpaired) electrons. The van der Waals surface area contributed by atoms with Gasteiger partial charge in [-0.3, -0.25) is 0 Å². The normalized spacial score (nSPS) is 11.2. The maximum atomic E-state index is 14.0. The Morgan fingerprint density at radius 1 is 1.07 bits per heavy atom. The number of hydrogen-bond acceptors (Lipinski definition) is 2. The van der Waals surface area contributed by atoms with Crippen LogP contribution in [0.3, 0.4) is 0 Å². The smallest absolute Gasteiger partial charge is 0.146 e. The zero-order chi connectivity index (χ0) is 20.1. The molecule has 0 spiro atoms. The van der Waals surface area contributed by atoms with Crippen molar-refractivity contribution in [3.63, 3.8) is 0 Å². The third-order valence-corrected chi connectivity index (χ3v) is 5.77. The van der Waals surface area contributed by atoms with E-state index in [4.69, 9.17) is 16.3 Å². The van der Waals surface area contributed by atoms with Gasteiger partial charge in [-0.25, -0.2) is 4.39 Å². The molecule has 3 rings (SSSR count). The van der Waals surface area contributed by atoms with Crippen LogP contribution in [0.25, 0.3) is 11.6 Å². The number of rotatable bonds is 5. The highest BCUT2D eigenvalue weighted by atomic mass is 127. The first-order chi connectivity index (χ1) is 13.5. The van der Waals surface area contributed by atoms with E-state index in [-0.39, 0.29) is 11.1 Å². The number of ether oxygens (including phenoxy) is 1. The van der Waals surface area contributed by atoms with E-state index in [1.54, 1.807) is 24.3 Å². The summed E-state index contributed by atoms with van der Waals surface area (Å²) in [5.41, 5.74) is 2.40. The summed E-state index contributed by atoms with van der Waals surface area (Å²) >= 11 is 10.3. The van der Waals surface area contributed by atoms with E-state index in [2.05, 4.69) is 51.3 Å². The molecule has 0 fully saturated rings. The Morgan fingerprint density at radius 2 is 1.71 bits per heavy atom. The van der Waals surface area contributed by atoms with Gasteiger partial charge in [0.05, 0.1) is 18.8 Å². The Kier molecular flexibility index (Phi) is 7.32. The second kappa shape index (κ2) is 9.72. The van der Waals surface area contributed by atoms with E-state index in [1.807, 2.05) is 36.4 Å². The molecule has 0 unspecified atom stereocenters. The van der Waals surface area contributed by atoms with E-state index in [0.29, 0.717) is 11.6 Å². The Hall–Kier alpha value is -1.63. The quantitative estimate of drug-likeness (QED) is 0.171. The van der Waals surface area contributed by atoms with Crippen molar-refractivity contribution < 1.29 is 9.13 Å². The van der Waals surface area contributed by atoms with Crippen LogP contribution in [-0.4, -0.2) is 0 Å². The van der Waals surface area contributed by atoms with Gasteiger partial charge in [0.2, 0.25) is 0 Å².